The number of aromatic nitrogens is 2. The maximum atomic E-state index is 12.9. The van der Waals surface area contributed by atoms with Crippen LogP contribution >= 0.6 is 0 Å². The van der Waals surface area contributed by atoms with E-state index in [9.17, 15) is 9.59 Å². The van der Waals surface area contributed by atoms with E-state index in [0.29, 0.717) is 22.9 Å². The van der Waals surface area contributed by atoms with Gasteiger partial charge < -0.3 is 4.90 Å². The Kier molecular flexibility index (Phi) is 3.66. The highest BCUT2D eigenvalue weighted by molar-refractivity contribution is 5.80. The molecule has 1 amide bonds. The van der Waals surface area contributed by atoms with Crippen LogP contribution in [0.1, 0.15) is 38.2 Å². The Bertz CT molecular complexity index is 849. The molecule has 1 aromatic carbocycles. The minimum atomic E-state index is -0.133. The van der Waals surface area contributed by atoms with Crippen LogP contribution in [0, 0.1) is 12.8 Å². The zero-order valence-electron chi connectivity index (χ0n) is 14.2. The first-order valence-electron chi connectivity index (χ1n) is 8.81. The summed E-state index contributed by atoms with van der Waals surface area (Å²) in [6.45, 7) is 4.19. The Morgan fingerprint density at radius 2 is 2.08 bits per heavy atom. The van der Waals surface area contributed by atoms with Crippen molar-refractivity contribution in [1.82, 2.24) is 14.5 Å². The van der Waals surface area contributed by atoms with Crippen LogP contribution in [0.4, 0.5) is 0 Å². The molecule has 1 aromatic heterocycles. The van der Waals surface area contributed by atoms with Gasteiger partial charge in [-0.3, -0.25) is 14.2 Å². The molecule has 2 aliphatic rings. The predicted octanol–water partition coefficient (Wildman–Crippen LogP) is 2.49. The second kappa shape index (κ2) is 5.72. The third kappa shape index (κ3) is 2.83. The number of carbonyl (C=O) groups is 1. The highest BCUT2D eigenvalue weighted by atomic mass is 16.2. The number of benzene rings is 1. The van der Waals surface area contributed by atoms with Gasteiger partial charge in [-0.15, -0.1) is 0 Å². The van der Waals surface area contributed by atoms with E-state index in [4.69, 9.17) is 0 Å². The molecule has 126 valence electrons. The average molecular weight is 325 g/mol. The van der Waals surface area contributed by atoms with Crippen LogP contribution < -0.4 is 5.56 Å². The van der Waals surface area contributed by atoms with E-state index >= 15 is 0 Å². The molecule has 0 N–H and O–H groups in total. The maximum absolute atomic E-state index is 12.9. The normalized spacial score (nSPS) is 18.6. The van der Waals surface area contributed by atoms with E-state index in [2.05, 4.69) is 11.9 Å². The van der Waals surface area contributed by atoms with Crippen molar-refractivity contribution in [3.05, 3.63) is 40.4 Å². The van der Waals surface area contributed by atoms with E-state index in [0.717, 1.165) is 18.4 Å². The van der Waals surface area contributed by atoms with E-state index in [-0.39, 0.29) is 24.1 Å². The zero-order valence-corrected chi connectivity index (χ0v) is 14.2. The maximum Gasteiger partial charge on any atom is 0.261 e. The van der Waals surface area contributed by atoms with Crippen molar-refractivity contribution in [3.8, 4) is 0 Å². The Morgan fingerprint density at radius 1 is 1.33 bits per heavy atom. The lowest BCUT2D eigenvalue weighted by Gasteiger charge is -2.29. The molecule has 0 bridgehead atoms. The summed E-state index contributed by atoms with van der Waals surface area (Å²) in [4.78, 5) is 31.9. The number of fused-ring (bicyclic) bond motifs is 1. The first kappa shape index (κ1) is 15.4. The van der Waals surface area contributed by atoms with Crippen LogP contribution in [0.15, 0.2) is 29.3 Å². The van der Waals surface area contributed by atoms with Crippen LogP contribution in [0.3, 0.4) is 0 Å². The fourth-order valence-electron chi connectivity index (χ4n) is 3.53. The molecule has 1 heterocycles. The predicted molar refractivity (Wildman–Crippen MR) is 92.8 cm³/mol. The third-order valence-corrected chi connectivity index (χ3v) is 5.26. The van der Waals surface area contributed by atoms with Crippen molar-refractivity contribution >= 4 is 16.8 Å². The van der Waals surface area contributed by atoms with Gasteiger partial charge in [0.1, 0.15) is 6.54 Å². The first-order valence-corrected chi connectivity index (χ1v) is 8.81. The second-order valence-electron chi connectivity index (χ2n) is 7.31. The lowest BCUT2D eigenvalue weighted by Crippen LogP contribution is -2.44. The van der Waals surface area contributed by atoms with Crippen LogP contribution in [0.25, 0.3) is 10.9 Å². The van der Waals surface area contributed by atoms with Gasteiger partial charge in [0, 0.05) is 12.1 Å². The summed E-state index contributed by atoms with van der Waals surface area (Å²) in [5.74, 6) is 0.691. The molecule has 5 heteroatoms. The SMILES string of the molecule is Cc1ccc2ncn(CC(=O)N(C3CC3)[C@@H](C)C3CC3)c(=O)c2c1. The minimum absolute atomic E-state index is 0.0489. The van der Waals surface area contributed by atoms with Crippen LogP contribution in [-0.2, 0) is 11.3 Å². The average Bonchev–Trinajstić information content (AvgIpc) is 3.44. The summed E-state index contributed by atoms with van der Waals surface area (Å²) in [6.07, 6.45) is 6.12. The van der Waals surface area contributed by atoms with Crippen molar-refractivity contribution in [2.45, 2.75) is 58.2 Å². The number of rotatable bonds is 5. The number of amides is 1. The molecular formula is C19H23N3O2. The van der Waals surface area contributed by atoms with Crippen molar-refractivity contribution < 1.29 is 4.79 Å². The van der Waals surface area contributed by atoms with E-state index in [1.165, 1.54) is 23.7 Å². The van der Waals surface area contributed by atoms with Crippen molar-refractivity contribution in [1.29, 1.82) is 0 Å². The van der Waals surface area contributed by atoms with Gasteiger partial charge in [-0.05, 0) is 57.6 Å². The topological polar surface area (TPSA) is 55.2 Å². The standard InChI is InChI=1S/C19H23N3O2/c1-12-3-8-17-16(9-12)19(24)21(11-20-17)10-18(23)22(15-6-7-15)13(2)14-4-5-14/h3,8-9,11,13-15H,4-7,10H2,1-2H3/t13-/m0/s1. The van der Waals surface area contributed by atoms with Gasteiger partial charge in [0.25, 0.3) is 5.56 Å². The van der Waals surface area contributed by atoms with Gasteiger partial charge in [0.2, 0.25) is 5.91 Å². The van der Waals surface area contributed by atoms with Crippen LogP contribution in [0.5, 0.6) is 0 Å². The van der Waals surface area contributed by atoms with Crippen molar-refractivity contribution in [2.24, 2.45) is 5.92 Å². The molecule has 5 nitrogen and oxygen atoms in total. The molecule has 2 fully saturated rings. The van der Waals surface area contributed by atoms with Gasteiger partial charge in [0.05, 0.1) is 17.2 Å². The van der Waals surface area contributed by atoms with Gasteiger partial charge in [-0.25, -0.2) is 4.98 Å². The molecule has 2 saturated carbocycles. The Balaban J connectivity index is 1.62. The molecular weight excluding hydrogens is 302 g/mol. The molecule has 4 rings (SSSR count). The van der Waals surface area contributed by atoms with E-state index in [1.807, 2.05) is 30.0 Å². The number of hydrogen-bond donors (Lipinski definition) is 0. The molecule has 0 radical (unpaired) electrons. The molecule has 0 spiro atoms. The van der Waals surface area contributed by atoms with Crippen molar-refractivity contribution in [2.75, 3.05) is 0 Å². The van der Waals surface area contributed by atoms with E-state index in [1.54, 1.807) is 0 Å². The lowest BCUT2D eigenvalue weighted by molar-refractivity contribution is -0.135. The Labute approximate surface area is 141 Å². The molecule has 2 aliphatic carbocycles. The van der Waals surface area contributed by atoms with E-state index < -0.39 is 0 Å². The number of aryl methyl sites for hydroxylation is 1. The Morgan fingerprint density at radius 3 is 2.75 bits per heavy atom. The fraction of sp³-hybridized carbons (Fsp3) is 0.526. The van der Waals surface area contributed by atoms with Gasteiger partial charge >= 0.3 is 0 Å². The molecule has 1 atom stereocenters. The second-order valence-corrected chi connectivity index (χ2v) is 7.31. The molecule has 24 heavy (non-hydrogen) atoms. The number of carbonyl (C=O) groups excluding carboxylic acids is 1. The molecule has 0 saturated heterocycles. The fourth-order valence-corrected chi connectivity index (χ4v) is 3.53. The van der Waals surface area contributed by atoms with Gasteiger partial charge in [-0.1, -0.05) is 11.6 Å². The summed E-state index contributed by atoms with van der Waals surface area (Å²) >= 11 is 0. The molecule has 0 aliphatic heterocycles. The summed E-state index contributed by atoms with van der Waals surface area (Å²) in [5, 5.41) is 0.582. The highest BCUT2D eigenvalue weighted by Crippen LogP contribution is 2.39. The summed E-state index contributed by atoms with van der Waals surface area (Å²) in [6, 6.07) is 6.30. The lowest BCUT2D eigenvalue weighted by atomic mass is 10.1. The zero-order chi connectivity index (χ0) is 16.8. The van der Waals surface area contributed by atoms with Crippen LogP contribution in [-0.4, -0.2) is 32.4 Å². The van der Waals surface area contributed by atoms with Crippen molar-refractivity contribution in [3.63, 3.8) is 0 Å². The van der Waals surface area contributed by atoms with Gasteiger partial charge in [-0.2, -0.15) is 0 Å². The van der Waals surface area contributed by atoms with Gasteiger partial charge in [0.15, 0.2) is 0 Å². The highest BCUT2D eigenvalue weighted by Gasteiger charge is 2.41. The molecule has 2 aromatic rings. The summed E-state index contributed by atoms with van der Waals surface area (Å²) in [5.41, 5.74) is 1.57. The smallest absolute Gasteiger partial charge is 0.261 e. The van der Waals surface area contributed by atoms with Crippen LogP contribution in [0.2, 0.25) is 0 Å². The number of nitrogens with zero attached hydrogens (tertiary/aromatic N) is 3. The monoisotopic (exact) mass is 325 g/mol. The Hall–Kier alpha value is -2.17. The number of hydrogen-bond acceptors (Lipinski definition) is 3. The summed E-state index contributed by atoms with van der Waals surface area (Å²) < 4.78 is 1.46. The largest absolute Gasteiger partial charge is 0.335 e. The quantitative estimate of drug-likeness (QED) is 0.849. The minimum Gasteiger partial charge on any atom is -0.335 e. The first-order chi connectivity index (χ1) is 11.5. The molecule has 0 unspecified atom stereocenters. The summed E-state index contributed by atoms with van der Waals surface area (Å²) in [7, 11) is 0. The third-order valence-electron chi connectivity index (χ3n) is 5.26.